The van der Waals surface area contributed by atoms with Gasteiger partial charge in [-0.15, -0.1) is 0 Å². The van der Waals surface area contributed by atoms with Crippen LogP contribution in [0.4, 0.5) is 0 Å². The summed E-state index contributed by atoms with van der Waals surface area (Å²) in [6.07, 6.45) is 0.698. The first-order valence-electron chi connectivity index (χ1n) is 10.2. The number of hydrogen-bond donors (Lipinski definition) is 0. The van der Waals surface area contributed by atoms with E-state index in [1.165, 1.54) is 0 Å². The highest BCUT2D eigenvalue weighted by molar-refractivity contribution is 5.96. The Morgan fingerprint density at radius 3 is 1.61 bits per heavy atom. The second-order valence-corrected chi connectivity index (χ2v) is 10.5. The predicted molar refractivity (Wildman–Crippen MR) is 113 cm³/mol. The molecule has 0 aliphatic carbocycles. The van der Waals surface area contributed by atoms with Crippen molar-refractivity contribution in [2.24, 2.45) is 22.7 Å². The van der Waals surface area contributed by atoms with Gasteiger partial charge in [0.05, 0.1) is 13.2 Å². The van der Waals surface area contributed by atoms with E-state index in [4.69, 9.17) is 9.47 Å². The molecule has 0 N–H and O–H groups in total. The lowest BCUT2D eigenvalue weighted by Gasteiger charge is -2.28. The van der Waals surface area contributed by atoms with E-state index in [-0.39, 0.29) is 30.0 Å². The fraction of sp³-hybridized carbons (Fsp3) is 0.667. The normalized spacial score (nSPS) is 13.5. The topological polar surface area (TPSA) is 52.6 Å². The first-order chi connectivity index (χ1) is 12.8. The van der Waals surface area contributed by atoms with Crippen LogP contribution in [0.2, 0.25) is 0 Å². The van der Waals surface area contributed by atoms with Gasteiger partial charge in [-0.1, -0.05) is 85.7 Å². The summed E-state index contributed by atoms with van der Waals surface area (Å²) >= 11 is 0. The van der Waals surface area contributed by atoms with Gasteiger partial charge >= 0.3 is 11.9 Å². The Labute approximate surface area is 171 Å². The largest absolute Gasteiger partial charge is 0.464 e. The van der Waals surface area contributed by atoms with Gasteiger partial charge in [-0.05, 0) is 28.7 Å². The molecule has 0 saturated carbocycles. The first-order valence-corrected chi connectivity index (χ1v) is 10.2. The summed E-state index contributed by atoms with van der Waals surface area (Å²) in [5.74, 6) is -1.92. The molecule has 0 saturated heterocycles. The van der Waals surface area contributed by atoms with Crippen LogP contribution in [-0.2, 0) is 19.1 Å². The molecule has 0 aliphatic rings. The Bertz CT molecular complexity index is 590. The van der Waals surface area contributed by atoms with Crippen LogP contribution in [0, 0.1) is 22.7 Å². The standard InChI is InChI=1S/C24H38O4/c1-17(2)14-19(18-12-10-9-11-13-18)20(21(25)27-15-23(3,4)5)22(26)28-16-24(6,7)8/h9-13,17,19-20H,14-16H2,1-8H3. The second kappa shape index (κ2) is 10.1. The number of ether oxygens (including phenoxy) is 2. The van der Waals surface area contributed by atoms with Gasteiger partial charge in [0.2, 0.25) is 0 Å². The predicted octanol–water partition coefficient (Wildman–Crippen LogP) is 5.61. The van der Waals surface area contributed by atoms with Gasteiger partial charge in [0.25, 0.3) is 0 Å². The van der Waals surface area contributed by atoms with Gasteiger partial charge in [-0.3, -0.25) is 9.59 Å². The first kappa shape index (κ1) is 24.2. The molecule has 1 rings (SSSR count). The molecule has 28 heavy (non-hydrogen) atoms. The van der Waals surface area contributed by atoms with Gasteiger partial charge in [-0.2, -0.15) is 0 Å². The summed E-state index contributed by atoms with van der Waals surface area (Å²) in [6, 6.07) is 9.73. The highest BCUT2D eigenvalue weighted by Gasteiger charge is 2.39. The van der Waals surface area contributed by atoms with Crippen molar-refractivity contribution in [3.8, 4) is 0 Å². The summed E-state index contributed by atoms with van der Waals surface area (Å²) in [7, 11) is 0. The number of rotatable bonds is 8. The summed E-state index contributed by atoms with van der Waals surface area (Å²) in [5, 5.41) is 0. The van der Waals surface area contributed by atoms with E-state index in [0.29, 0.717) is 12.3 Å². The second-order valence-electron chi connectivity index (χ2n) is 10.5. The average molecular weight is 391 g/mol. The maximum absolute atomic E-state index is 13.0. The molecular formula is C24H38O4. The summed E-state index contributed by atoms with van der Waals surface area (Å²) < 4.78 is 11.1. The van der Waals surface area contributed by atoms with E-state index in [9.17, 15) is 9.59 Å². The Morgan fingerprint density at radius 2 is 1.25 bits per heavy atom. The van der Waals surface area contributed by atoms with Crippen molar-refractivity contribution in [3.05, 3.63) is 35.9 Å². The third kappa shape index (κ3) is 8.90. The molecule has 158 valence electrons. The fourth-order valence-corrected chi connectivity index (χ4v) is 2.85. The molecule has 0 aromatic heterocycles. The lowest BCUT2D eigenvalue weighted by molar-refractivity contribution is -0.166. The fourth-order valence-electron chi connectivity index (χ4n) is 2.85. The van der Waals surface area contributed by atoms with E-state index in [0.717, 1.165) is 5.56 Å². The van der Waals surface area contributed by atoms with Crippen LogP contribution in [0.3, 0.4) is 0 Å². The third-order valence-corrected chi connectivity index (χ3v) is 4.16. The van der Waals surface area contributed by atoms with Crippen LogP contribution >= 0.6 is 0 Å². The van der Waals surface area contributed by atoms with Gasteiger partial charge in [0.1, 0.15) is 0 Å². The van der Waals surface area contributed by atoms with Gasteiger partial charge < -0.3 is 9.47 Å². The Balaban J connectivity index is 3.20. The SMILES string of the molecule is CC(C)CC(c1ccccc1)C(C(=O)OCC(C)(C)C)C(=O)OCC(C)(C)C. The lowest BCUT2D eigenvalue weighted by Crippen LogP contribution is -2.36. The van der Waals surface area contributed by atoms with Crippen molar-refractivity contribution in [2.75, 3.05) is 13.2 Å². The smallest absolute Gasteiger partial charge is 0.320 e. The van der Waals surface area contributed by atoms with Crippen LogP contribution in [0.5, 0.6) is 0 Å². The molecule has 1 atom stereocenters. The molecule has 0 fully saturated rings. The molecule has 1 aromatic rings. The molecule has 0 radical (unpaired) electrons. The van der Waals surface area contributed by atoms with E-state index in [1.54, 1.807) is 0 Å². The van der Waals surface area contributed by atoms with Crippen LogP contribution in [-0.4, -0.2) is 25.2 Å². The van der Waals surface area contributed by atoms with E-state index < -0.39 is 17.9 Å². The van der Waals surface area contributed by atoms with Crippen molar-refractivity contribution in [1.29, 1.82) is 0 Å². The van der Waals surface area contributed by atoms with Crippen LogP contribution < -0.4 is 0 Å². The van der Waals surface area contributed by atoms with Crippen LogP contribution in [0.15, 0.2) is 30.3 Å². The molecular weight excluding hydrogens is 352 g/mol. The highest BCUT2D eigenvalue weighted by Crippen LogP contribution is 2.34. The quantitative estimate of drug-likeness (QED) is 0.427. The number of hydrogen-bond acceptors (Lipinski definition) is 4. The van der Waals surface area contributed by atoms with Crippen molar-refractivity contribution in [3.63, 3.8) is 0 Å². The van der Waals surface area contributed by atoms with E-state index in [1.807, 2.05) is 71.9 Å². The maximum atomic E-state index is 13.0. The third-order valence-electron chi connectivity index (χ3n) is 4.16. The Hall–Kier alpha value is -1.84. The summed E-state index contributed by atoms with van der Waals surface area (Å²) in [6.45, 7) is 16.7. The Kier molecular flexibility index (Phi) is 8.72. The number of carbonyl (C=O) groups is 2. The molecule has 1 unspecified atom stereocenters. The van der Waals surface area contributed by atoms with Crippen molar-refractivity contribution in [1.82, 2.24) is 0 Å². The zero-order chi connectivity index (χ0) is 21.5. The molecule has 0 amide bonds. The monoisotopic (exact) mass is 390 g/mol. The number of esters is 2. The highest BCUT2D eigenvalue weighted by atomic mass is 16.6. The summed E-state index contributed by atoms with van der Waals surface area (Å²) in [5.41, 5.74) is 0.618. The van der Waals surface area contributed by atoms with Gasteiger partial charge in [0, 0.05) is 5.92 Å². The van der Waals surface area contributed by atoms with E-state index >= 15 is 0 Å². The molecule has 0 bridgehead atoms. The number of carbonyl (C=O) groups excluding carboxylic acids is 2. The van der Waals surface area contributed by atoms with Crippen molar-refractivity contribution in [2.45, 2.75) is 67.7 Å². The van der Waals surface area contributed by atoms with Gasteiger partial charge in [0.15, 0.2) is 5.92 Å². The number of benzene rings is 1. The lowest BCUT2D eigenvalue weighted by atomic mass is 9.80. The van der Waals surface area contributed by atoms with Crippen LogP contribution in [0.25, 0.3) is 0 Å². The Morgan fingerprint density at radius 1 is 0.821 bits per heavy atom. The molecule has 1 aromatic carbocycles. The zero-order valence-corrected chi connectivity index (χ0v) is 18.9. The minimum Gasteiger partial charge on any atom is -0.464 e. The minimum absolute atomic E-state index is 0.171. The summed E-state index contributed by atoms with van der Waals surface area (Å²) in [4.78, 5) is 26.1. The molecule has 0 spiro atoms. The van der Waals surface area contributed by atoms with Crippen LogP contribution in [0.1, 0.15) is 73.3 Å². The van der Waals surface area contributed by atoms with Crippen molar-refractivity contribution < 1.29 is 19.1 Å². The van der Waals surface area contributed by atoms with Crippen molar-refractivity contribution >= 4 is 11.9 Å². The minimum atomic E-state index is -0.963. The zero-order valence-electron chi connectivity index (χ0n) is 18.9. The van der Waals surface area contributed by atoms with Gasteiger partial charge in [-0.25, -0.2) is 0 Å². The van der Waals surface area contributed by atoms with E-state index in [2.05, 4.69) is 13.8 Å². The molecule has 4 heteroatoms. The molecule has 0 heterocycles. The maximum Gasteiger partial charge on any atom is 0.320 e. The molecule has 4 nitrogen and oxygen atoms in total. The average Bonchev–Trinajstić information content (AvgIpc) is 2.57. The molecule has 0 aliphatic heterocycles.